The first kappa shape index (κ1) is 12.8. The molecule has 0 spiro atoms. The average molecular weight is 288 g/mol. The van der Waals surface area contributed by atoms with Crippen molar-refractivity contribution in [2.24, 2.45) is 0 Å². The molecule has 1 aromatic heterocycles. The average Bonchev–Trinajstić information content (AvgIpc) is 2.88. The van der Waals surface area contributed by atoms with E-state index in [0.717, 1.165) is 5.56 Å². The van der Waals surface area contributed by atoms with Crippen LogP contribution in [0.5, 0.6) is 0 Å². The van der Waals surface area contributed by atoms with E-state index in [0.29, 0.717) is 22.8 Å². The number of halogens is 2. The maximum atomic E-state index is 14.0. The Morgan fingerprint density at radius 2 is 1.85 bits per heavy atom. The first-order valence-electron chi connectivity index (χ1n) is 6.12. The lowest BCUT2D eigenvalue weighted by molar-refractivity contribution is 0.621. The third kappa shape index (κ3) is 2.42. The van der Waals surface area contributed by atoms with Crippen LogP contribution >= 0.6 is 11.6 Å². The highest BCUT2D eigenvalue weighted by Gasteiger charge is 2.15. The number of aromatic nitrogens is 3. The molecule has 3 aromatic rings. The van der Waals surface area contributed by atoms with Crippen molar-refractivity contribution in [1.82, 2.24) is 15.0 Å². The summed E-state index contributed by atoms with van der Waals surface area (Å²) in [6.07, 6.45) is 1.52. The lowest BCUT2D eigenvalue weighted by Gasteiger charge is -2.08. The van der Waals surface area contributed by atoms with Crippen molar-refractivity contribution in [2.45, 2.75) is 6.54 Å². The molecule has 0 saturated carbocycles. The number of nitrogens with zero attached hydrogens (tertiary/aromatic N) is 3. The van der Waals surface area contributed by atoms with Crippen molar-refractivity contribution in [3.8, 4) is 11.3 Å². The fraction of sp³-hybridized carbons (Fsp3) is 0.0667. The van der Waals surface area contributed by atoms with Gasteiger partial charge in [-0.15, -0.1) is 5.10 Å². The number of hydrogen-bond donors (Lipinski definition) is 0. The second kappa shape index (κ2) is 5.43. The Bertz CT molecular complexity index is 705. The molecule has 5 heteroatoms. The fourth-order valence-electron chi connectivity index (χ4n) is 2.07. The molecule has 3 rings (SSSR count). The third-order valence-electron chi connectivity index (χ3n) is 3.01. The van der Waals surface area contributed by atoms with Gasteiger partial charge < -0.3 is 0 Å². The maximum Gasteiger partial charge on any atom is 0.134 e. The summed E-state index contributed by atoms with van der Waals surface area (Å²) in [7, 11) is 0. The van der Waals surface area contributed by atoms with Crippen LogP contribution in [0.2, 0.25) is 5.02 Å². The lowest BCUT2D eigenvalue weighted by Crippen LogP contribution is -2.05. The summed E-state index contributed by atoms with van der Waals surface area (Å²) in [5, 5.41) is 8.22. The maximum absolute atomic E-state index is 14.0. The van der Waals surface area contributed by atoms with Crippen molar-refractivity contribution >= 4 is 11.6 Å². The predicted molar refractivity (Wildman–Crippen MR) is 76.0 cm³/mol. The van der Waals surface area contributed by atoms with Crippen LogP contribution in [0.15, 0.2) is 54.7 Å². The van der Waals surface area contributed by atoms with Gasteiger partial charge in [-0.25, -0.2) is 9.07 Å². The minimum atomic E-state index is -0.380. The van der Waals surface area contributed by atoms with E-state index in [1.165, 1.54) is 12.3 Å². The highest BCUT2D eigenvalue weighted by molar-refractivity contribution is 6.33. The van der Waals surface area contributed by atoms with Crippen LogP contribution in [0, 0.1) is 5.82 Å². The molecule has 0 fully saturated rings. The Labute approximate surface area is 120 Å². The zero-order valence-corrected chi connectivity index (χ0v) is 11.3. The van der Waals surface area contributed by atoms with E-state index in [1.54, 1.807) is 16.8 Å². The molecule has 1 heterocycles. The summed E-state index contributed by atoms with van der Waals surface area (Å²) < 4.78 is 15.6. The summed E-state index contributed by atoms with van der Waals surface area (Å²) in [6.45, 7) is 0.515. The van der Waals surface area contributed by atoms with Crippen molar-refractivity contribution in [2.75, 3.05) is 0 Å². The van der Waals surface area contributed by atoms with Crippen molar-refractivity contribution in [3.63, 3.8) is 0 Å². The molecule has 0 bridgehead atoms. The van der Waals surface area contributed by atoms with E-state index in [4.69, 9.17) is 11.6 Å². The van der Waals surface area contributed by atoms with E-state index in [9.17, 15) is 4.39 Å². The Hall–Kier alpha value is -2.20. The summed E-state index contributed by atoms with van der Waals surface area (Å²) >= 11 is 6.09. The standard InChI is InChI=1S/C15H11ClFN3/c16-12-7-4-8-13(17)15(12)14-9-18-19-20(14)10-11-5-2-1-3-6-11/h1-9H,10H2. The van der Waals surface area contributed by atoms with Crippen molar-refractivity contribution < 1.29 is 4.39 Å². The van der Waals surface area contributed by atoms with Crippen molar-refractivity contribution in [3.05, 3.63) is 71.1 Å². The minimum absolute atomic E-state index is 0.329. The summed E-state index contributed by atoms with van der Waals surface area (Å²) in [5.41, 5.74) is 1.96. The van der Waals surface area contributed by atoms with E-state index >= 15 is 0 Å². The van der Waals surface area contributed by atoms with Crippen LogP contribution in [-0.2, 0) is 6.54 Å². The molecule has 0 radical (unpaired) electrons. The fourth-order valence-corrected chi connectivity index (χ4v) is 2.33. The number of rotatable bonds is 3. The van der Waals surface area contributed by atoms with E-state index in [2.05, 4.69) is 10.3 Å². The highest BCUT2D eigenvalue weighted by atomic mass is 35.5. The van der Waals surface area contributed by atoms with Gasteiger partial charge in [0.25, 0.3) is 0 Å². The minimum Gasteiger partial charge on any atom is -0.240 e. The topological polar surface area (TPSA) is 30.7 Å². The van der Waals surface area contributed by atoms with Crippen LogP contribution in [-0.4, -0.2) is 15.0 Å². The molecule has 20 heavy (non-hydrogen) atoms. The first-order valence-corrected chi connectivity index (χ1v) is 6.50. The van der Waals surface area contributed by atoms with E-state index in [1.807, 2.05) is 30.3 Å². The van der Waals surface area contributed by atoms with Gasteiger partial charge in [0.15, 0.2) is 0 Å². The molecule has 0 aliphatic rings. The molecular weight excluding hydrogens is 277 g/mol. The summed E-state index contributed by atoms with van der Waals surface area (Å²) in [5.74, 6) is -0.380. The first-order chi connectivity index (χ1) is 9.75. The lowest BCUT2D eigenvalue weighted by atomic mass is 10.1. The molecule has 2 aromatic carbocycles. The molecule has 0 aliphatic carbocycles. The molecule has 0 amide bonds. The number of benzene rings is 2. The molecule has 0 saturated heterocycles. The Kier molecular flexibility index (Phi) is 3.48. The van der Waals surface area contributed by atoms with Gasteiger partial charge in [0.2, 0.25) is 0 Å². The molecular formula is C15H11ClFN3. The summed E-state index contributed by atoms with van der Waals surface area (Å²) in [4.78, 5) is 0. The molecule has 100 valence electrons. The Morgan fingerprint density at radius 3 is 2.60 bits per heavy atom. The van der Waals surface area contributed by atoms with Crippen LogP contribution in [0.4, 0.5) is 4.39 Å². The van der Waals surface area contributed by atoms with Gasteiger partial charge in [-0.05, 0) is 17.7 Å². The SMILES string of the molecule is Fc1cccc(Cl)c1-c1cnnn1Cc1ccccc1. The molecule has 0 aliphatic heterocycles. The van der Waals surface area contributed by atoms with Gasteiger partial charge >= 0.3 is 0 Å². The Balaban J connectivity index is 2.03. The normalized spacial score (nSPS) is 10.7. The monoisotopic (exact) mass is 287 g/mol. The third-order valence-corrected chi connectivity index (χ3v) is 3.33. The van der Waals surface area contributed by atoms with E-state index < -0.39 is 0 Å². The molecule has 0 N–H and O–H groups in total. The quantitative estimate of drug-likeness (QED) is 0.734. The van der Waals surface area contributed by atoms with Crippen molar-refractivity contribution in [1.29, 1.82) is 0 Å². The van der Waals surface area contributed by atoms with Crippen LogP contribution in [0.3, 0.4) is 0 Å². The zero-order valence-electron chi connectivity index (χ0n) is 10.5. The van der Waals surface area contributed by atoms with Crippen LogP contribution in [0.25, 0.3) is 11.3 Å². The predicted octanol–water partition coefficient (Wildman–Crippen LogP) is 3.79. The van der Waals surface area contributed by atoms with Gasteiger partial charge in [-0.3, -0.25) is 0 Å². The zero-order chi connectivity index (χ0) is 13.9. The second-order valence-electron chi connectivity index (χ2n) is 4.36. The van der Waals surface area contributed by atoms with Crippen LogP contribution in [0.1, 0.15) is 5.56 Å². The molecule has 3 nitrogen and oxygen atoms in total. The Morgan fingerprint density at radius 1 is 1.05 bits per heavy atom. The largest absolute Gasteiger partial charge is 0.240 e. The summed E-state index contributed by atoms with van der Waals surface area (Å²) in [6, 6.07) is 14.4. The van der Waals surface area contributed by atoms with Crippen LogP contribution < -0.4 is 0 Å². The molecule has 0 atom stereocenters. The molecule has 0 unspecified atom stereocenters. The number of hydrogen-bond acceptors (Lipinski definition) is 2. The van der Waals surface area contributed by atoms with Gasteiger partial charge in [-0.2, -0.15) is 0 Å². The van der Waals surface area contributed by atoms with E-state index in [-0.39, 0.29) is 5.82 Å². The van der Waals surface area contributed by atoms with Gasteiger partial charge in [0.05, 0.1) is 29.0 Å². The van der Waals surface area contributed by atoms with Gasteiger partial charge in [0, 0.05) is 0 Å². The van der Waals surface area contributed by atoms with Gasteiger partial charge in [0.1, 0.15) is 5.82 Å². The second-order valence-corrected chi connectivity index (χ2v) is 4.77. The highest BCUT2D eigenvalue weighted by Crippen LogP contribution is 2.30. The smallest absolute Gasteiger partial charge is 0.134 e. The van der Waals surface area contributed by atoms with Gasteiger partial charge in [-0.1, -0.05) is 53.2 Å².